The average molecular weight is 361 g/mol. The zero-order valence-electron chi connectivity index (χ0n) is 13.1. The predicted molar refractivity (Wildman–Crippen MR) is 90.6 cm³/mol. The highest BCUT2D eigenvalue weighted by molar-refractivity contribution is 6.31. The highest BCUT2D eigenvalue weighted by Crippen LogP contribution is 2.21. The molecule has 3 amide bonds. The molecule has 1 aliphatic rings. The summed E-state index contributed by atoms with van der Waals surface area (Å²) in [6, 6.07) is 10.3. The summed E-state index contributed by atoms with van der Waals surface area (Å²) >= 11 is 5.79. The van der Waals surface area contributed by atoms with E-state index in [0.29, 0.717) is 10.6 Å². The maximum atomic E-state index is 13.7. The number of nitrogens with zero attached hydrogens (tertiary/aromatic N) is 1. The first-order chi connectivity index (χ1) is 11.9. The standard InChI is InChI=1S/C18H14ClFN2O3/c19-13-5-6-14(20)15(9-13)21-18(25)12-3-1-11(2-4-12)10-22-16(23)7-8-17(22)24/h1-6,9H,7-8,10H2,(H,21,25). The molecule has 1 N–H and O–H groups in total. The molecule has 0 saturated carbocycles. The smallest absolute Gasteiger partial charge is 0.255 e. The Labute approximate surface area is 148 Å². The number of rotatable bonds is 4. The second-order valence-electron chi connectivity index (χ2n) is 5.65. The zero-order chi connectivity index (χ0) is 18.0. The first-order valence-electron chi connectivity index (χ1n) is 7.62. The molecule has 2 aromatic carbocycles. The summed E-state index contributed by atoms with van der Waals surface area (Å²) in [6.45, 7) is 0.183. The molecule has 1 fully saturated rings. The second kappa shape index (κ2) is 7.03. The van der Waals surface area contributed by atoms with Gasteiger partial charge in [-0.05, 0) is 35.9 Å². The van der Waals surface area contributed by atoms with E-state index in [1.54, 1.807) is 24.3 Å². The third kappa shape index (κ3) is 3.85. The summed E-state index contributed by atoms with van der Waals surface area (Å²) in [7, 11) is 0. The maximum Gasteiger partial charge on any atom is 0.255 e. The van der Waals surface area contributed by atoms with Gasteiger partial charge in [0.05, 0.1) is 12.2 Å². The number of carbonyl (C=O) groups is 3. The molecular formula is C18H14ClFN2O3. The van der Waals surface area contributed by atoms with Crippen LogP contribution in [0.4, 0.5) is 10.1 Å². The number of imide groups is 1. The molecule has 1 saturated heterocycles. The Morgan fingerprint density at radius 3 is 2.36 bits per heavy atom. The molecule has 0 aromatic heterocycles. The quantitative estimate of drug-likeness (QED) is 0.850. The van der Waals surface area contributed by atoms with Crippen LogP contribution in [0.25, 0.3) is 0 Å². The summed E-state index contributed by atoms with van der Waals surface area (Å²) in [5.41, 5.74) is 1.05. The molecule has 128 valence electrons. The van der Waals surface area contributed by atoms with Crippen LogP contribution < -0.4 is 5.32 Å². The Balaban J connectivity index is 1.69. The van der Waals surface area contributed by atoms with Gasteiger partial charge >= 0.3 is 0 Å². The largest absolute Gasteiger partial charge is 0.319 e. The van der Waals surface area contributed by atoms with Gasteiger partial charge in [-0.2, -0.15) is 0 Å². The van der Waals surface area contributed by atoms with Crippen molar-refractivity contribution < 1.29 is 18.8 Å². The van der Waals surface area contributed by atoms with Gasteiger partial charge in [0.2, 0.25) is 11.8 Å². The monoisotopic (exact) mass is 360 g/mol. The molecule has 5 nitrogen and oxygen atoms in total. The SMILES string of the molecule is O=C(Nc1cc(Cl)ccc1F)c1ccc(CN2C(=O)CCC2=O)cc1. The van der Waals surface area contributed by atoms with E-state index in [4.69, 9.17) is 11.6 Å². The van der Waals surface area contributed by atoms with Gasteiger partial charge in [-0.3, -0.25) is 19.3 Å². The van der Waals surface area contributed by atoms with Crippen molar-refractivity contribution in [2.75, 3.05) is 5.32 Å². The van der Waals surface area contributed by atoms with Crippen molar-refractivity contribution in [2.45, 2.75) is 19.4 Å². The third-order valence-electron chi connectivity index (χ3n) is 3.89. The minimum absolute atomic E-state index is 0.00478. The van der Waals surface area contributed by atoms with Crippen LogP contribution in [0.5, 0.6) is 0 Å². The van der Waals surface area contributed by atoms with E-state index in [2.05, 4.69) is 5.32 Å². The topological polar surface area (TPSA) is 66.5 Å². The summed E-state index contributed by atoms with van der Waals surface area (Å²) < 4.78 is 13.7. The zero-order valence-corrected chi connectivity index (χ0v) is 13.8. The van der Waals surface area contributed by atoms with Crippen LogP contribution in [0, 0.1) is 5.82 Å². The Morgan fingerprint density at radius 1 is 1.08 bits per heavy atom. The molecule has 0 bridgehead atoms. The average Bonchev–Trinajstić information content (AvgIpc) is 2.91. The van der Waals surface area contributed by atoms with Gasteiger partial charge in [0.25, 0.3) is 5.91 Å². The molecule has 0 unspecified atom stereocenters. The van der Waals surface area contributed by atoms with E-state index < -0.39 is 11.7 Å². The number of carbonyl (C=O) groups excluding carboxylic acids is 3. The molecule has 3 rings (SSSR count). The van der Waals surface area contributed by atoms with Crippen LogP contribution in [0.3, 0.4) is 0 Å². The Bertz CT molecular complexity index is 836. The molecule has 0 atom stereocenters. The fourth-order valence-corrected chi connectivity index (χ4v) is 2.70. The first kappa shape index (κ1) is 17.1. The van der Waals surface area contributed by atoms with E-state index in [0.717, 1.165) is 5.56 Å². The molecule has 0 radical (unpaired) electrons. The molecule has 1 aliphatic heterocycles. The number of benzene rings is 2. The van der Waals surface area contributed by atoms with Gasteiger partial charge < -0.3 is 5.32 Å². The van der Waals surface area contributed by atoms with Crippen molar-refractivity contribution in [2.24, 2.45) is 0 Å². The molecular weight excluding hydrogens is 347 g/mol. The number of amides is 3. The number of anilines is 1. The van der Waals surface area contributed by atoms with Gasteiger partial charge in [0.1, 0.15) is 5.82 Å². The number of halogens is 2. The summed E-state index contributed by atoms with van der Waals surface area (Å²) in [4.78, 5) is 36.6. The highest BCUT2D eigenvalue weighted by Gasteiger charge is 2.28. The van der Waals surface area contributed by atoms with Gasteiger partial charge in [-0.25, -0.2) is 4.39 Å². The normalized spacial score (nSPS) is 14.1. The van der Waals surface area contributed by atoms with Crippen LogP contribution in [0.15, 0.2) is 42.5 Å². The van der Waals surface area contributed by atoms with Crippen molar-refractivity contribution >= 4 is 35.0 Å². The first-order valence-corrected chi connectivity index (χ1v) is 8.00. The molecule has 0 spiro atoms. The summed E-state index contributed by atoms with van der Waals surface area (Å²) in [5.74, 6) is -1.45. The van der Waals surface area contributed by atoms with E-state index >= 15 is 0 Å². The molecule has 2 aromatic rings. The van der Waals surface area contributed by atoms with Crippen molar-refractivity contribution in [3.05, 3.63) is 64.4 Å². The lowest BCUT2D eigenvalue weighted by molar-refractivity contribution is -0.139. The van der Waals surface area contributed by atoms with E-state index in [9.17, 15) is 18.8 Å². The lowest BCUT2D eigenvalue weighted by Gasteiger charge is -2.14. The van der Waals surface area contributed by atoms with Crippen molar-refractivity contribution in [3.63, 3.8) is 0 Å². The lowest BCUT2D eigenvalue weighted by Crippen LogP contribution is -2.28. The van der Waals surface area contributed by atoms with Gasteiger partial charge in [-0.15, -0.1) is 0 Å². The van der Waals surface area contributed by atoms with Crippen molar-refractivity contribution in [1.82, 2.24) is 4.90 Å². The molecule has 7 heteroatoms. The molecule has 0 aliphatic carbocycles. The van der Waals surface area contributed by atoms with Crippen LogP contribution >= 0.6 is 11.6 Å². The number of hydrogen-bond acceptors (Lipinski definition) is 3. The highest BCUT2D eigenvalue weighted by atomic mass is 35.5. The Morgan fingerprint density at radius 2 is 1.72 bits per heavy atom. The Kier molecular flexibility index (Phi) is 4.81. The summed E-state index contributed by atoms with van der Waals surface area (Å²) in [6.07, 6.45) is 0.481. The Hall–Kier alpha value is -2.73. The van der Waals surface area contributed by atoms with Gasteiger partial charge in [0.15, 0.2) is 0 Å². The fraction of sp³-hybridized carbons (Fsp3) is 0.167. The number of hydrogen-bond donors (Lipinski definition) is 1. The minimum atomic E-state index is -0.583. The van der Waals surface area contributed by atoms with Gasteiger partial charge in [-0.1, -0.05) is 23.7 Å². The van der Waals surface area contributed by atoms with Crippen molar-refractivity contribution in [3.8, 4) is 0 Å². The van der Waals surface area contributed by atoms with Gasteiger partial charge in [0, 0.05) is 23.4 Å². The predicted octanol–water partition coefficient (Wildman–Crippen LogP) is 3.38. The molecule has 25 heavy (non-hydrogen) atoms. The third-order valence-corrected chi connectivity index (χ3v) is 4.12. The second-order valence-corrected chi connectivity index (χ2v) is 6.09. The van der Waals surface area contributed by atoms with Crippen LogP contribution in [0.2, 0.25) is 5.02 Å². The number of nitrogens with one attached hydrogen (secondary N) is 1. The van der Waals surface area contributed by atoms with Crippen LogP contribution in [0.1, 0.15) is 28.8 Å². The summed E-state index contributed by atoms with van der Waals surface area (Å²) in [5, 5.41) is 2.77. The number of likely N-dealkylation sites (tertiary alicyclic amines) is 1. The van der Waals surface area contributed by atoms with E-state index in [1.165, 1.54) is 23.1 Å². The minimum Gasteiger partial charge on any atom is -0.319 e. The van der Waals surface area contributed by atoms with Crippen LogP contribution in [-0.2, 0) is 16.1 Å². The maximum absolute atomic E-state index is 13.7. The lowest BCUT2D eigenvalue weighted by atomic mass is 10.1. The van der Waals surface area contributed by atoms with Crippen molar-refractivity contribution in [1.29, 1.82) is 0 Å². The fourth-order valence-electron chi connectivity index (χ4n) is 2.53. The van der Waals surface area contributed by atoms with Crippen LogP contribution in [-0.4, -0.2) is 22.6 Å². The van der Waals surface area contributed by atoms with E-state index in [-0.39, 0.29) is 36.9 Å². The molecule has 1 heterocycles. The van der Waals surface area contributed by atoms with E-state index in [1.807, 2.05) is 0 Å².